The van der Waals surface area contributed by atoms with Gasteiger partial charge in [0.25, 0.3) is 0 Å². The lowest BCUT2D eigenvalue weighted by Gasteiger charge is -2.09. The van der Waals surface area contributed by atoms with E-state index in [0.717, 1.165) is 18.3 Å². The second kappa shape index (κ2) is 7.49. The molecule has 0 saturated carbocycles. The normalized spacial score (nSPS) is 12.3. The summed E-state index contributed by atoms with van der Waals surface area (Å²) in [4.78, 5) is -0.781. The van der Waals surface area contributed by atoms with Crippen molar-refractivity contribution in [3.8, 4) is 11.8 Å². The first-order valence-corrected chi connectivity index (χ1v) is 8.60. The predicted octanol–water partition coefficient (Wildman–Crippen LogP) is 3.96. The van der Waals surface area contributed by atoms with Crippen LogP contribution in [0.5, 0.6) is 5.75 Å². The van der Waals surface area contributed by atoms with Crippen molar-refractivity contribution in [3.63, 3.8) is 0 Å². The molecule has 0 radical (unpaired) electrons. The van der Waals surface area contributed by atoms with E-state index in [1.165, 1.54) is 43.5 Å². The number of alkyl halides is 3. The van der Waals surface area contributed by atoms with Crippen LogP contribution in [-0.4, -0.2) is 15.5 Å². The Kier molecular flexibility index (Phi) is 5.57. The number of allylic oxidation sites excluding steroid dienone is 1. The molecule has 0 spiro atoms. The summed E-state index contributed by atoms with van der Waals surface area (Å²) in [6, 6.07) is 11.1. The van der Waals surface area contributed by atoms with Gasteiger partial charge in [-0.15, -0.1) is 0 Å². The van der Waals surface area contributed by atoms with Gasteiger partial charge in [-0.2, -0.15) is 18.4 Å². The molecule has 0 heterocycles. The van der Waals surface area contributed by atoms with Crippen molar-refractivity contribution in [3.05, 3.63) is 65.2 Å². The number of hydrogen-bond acceptors (Lipinski definition) is 5. The summed E-state index contributed by atoms with van der Waals surface area (Å²) in [5.74, 6) is 0.438. The van der Waals surface area contributed by atoms with Crippen molar-refractivity contribution >= 4 is 15.5 Å². The molecule has 2 aromatic carbocycles. The minimum Gasteiger partial charge on any atom is -0.497 e. The van der Waals surface area contributed by atoms with Crippen LogP contribution in [0.25, 0.3) is 0 Å². The van der Waals surface area contributed by atoms with E-state index in [-0.39, 0.29) is 10.6 Å². The van der Waals surface area contributed by atoms with E-state index in [2.05, 4.69) is 5.32 Å². The molecule has 9 heteroatoms. The fourth-order valence-electron chi connectivity index (χ4n) is 1.99. The molecule has 0 bridgehead atoms. The van der Waals surface area contributed by atoms with E-state index >= 15 is 0 Å². The molecule has 0 aromatic heterocycles. The number of hydrogen-bond donors (Lipinski definition) is 1. The van der Waals surface area contributed by atoms with E-state index in [4.69, 9.17) is 10.00 Å². The maximum Gasteiger partial charge on any atom is 0.416 e. The van der Waals surface area contributed by atoms with Crippen LogP contribution < -0.4 is 10.1 Å². The van der Waals surface area contributed by atoms with Gasteiger partial charge in [0.15, 0.2) is 4.91 Å². The number of halogens is 3. The summed E-state index contributed by atoms with van der Waals surface area (Å²) in [5.41, 5.74) is -0.898. The third-order valence-corrected chi connectivity index (χ3v) is 5.01. The molecule has 1 N–H and O–H groups in total. The summed E-state index contributed by atoms with van der Waals surface area (Å²) in [7, 11) is -2.71. The highest BCUT2D eigenvalue weighted by molar-refractivity contribution is 7.95. The van der Waals surface area contributed by atoms with Gasteiger partial charge in [0.05, 0.1) is 17.6 Å². The molecule has 0 saturated heterocycles. The van der Waals surface area contributed by atoms with Crippen molar-refractivity contribution in [2.24, 2.45) is 0 Å². The van der Waals surface area contributed by atoms with Crippen LogP contribution >= 0.6 is 0 Å². The van der Waals surface area contributed by atoms with Crippen molar-refractivity contribution < 1.29 is 26.3 Å². The van der Waals surface area contributed by atoms with E-state index in [9.17, 15) is 21.6 Å². The molecule has 136 valence electrons. The maximum atomic E-state index is 12.7. The summed E-state index contributed by atoms with van der Waals surface area (Å²) in [6.07, 6.45) is -3.68. The summed E-state index contributed by atoms with van der Waals surface area (Å²) in [5, 5.41) is 11.6. The van der Waals surface area contributed by atoms with Crippen LogP contribution in [0.1, 0.15) is 5.56 Å². The van der Waals surface area contributed by atoms with Gasteiger partial charge in [0.1, 0.15) is 11.8 Å². The molecule has 0 aliphatic heterocycles. The van der Waals surface area contributed by atoms with Gasteiger partial charge in [-0.3, -0.25) is 0 Å². The molecular formula is C17H13F3N2O3S. The fraction of sp³-hybridized carbons (Fsp3) is 0.118. The standard InChI is InChI=1S/C17H13F3N2O3S/c1-25-14-5-7-15(8-6-14)26(23,24)16(10-21)11-22-13-4-2-3-12(9-13)17(18,19)20/h2-9,11,22H,1H3/b16-11-. The van der Waals surface area contributed by atoms with Gasteiger partial charge in [-0.1, -0.05) is 6.07 Å². The third-order valence-electron chi connectivity index (χ3n) is 3.33. The quantitative estimate of drug-likeness (QED) is 0.792. The first-order valence-electron chi connectivity index (χ1n) is 7.11. The van der Waals surface area contributed by atoms with Crippen molar-refractivity contribution in [2.75, 3.05) is 12.4 Å². The third kappa shape index (κ3) is 4.34. The molecule has 0 amide bonds. The first kappa shape index (κ1) is 19.3. The van der Waals surface area contributed by atoms with Gasteiger partial charge in [0.2, 0.25) is 9.84 Å². The molecule has 26 heavy (non-hydrogen) atoms. The summed E-state index contributed by atoms with van der Waals surface area (Å²) in [6.45, 7) is 0. The highest BCUT2D eigenvalue weighted by Crippen LogP contribution is 2.31. The van der Waals surface area contributed by atoms with Crippen LogP contribution in [0.4, 0.5) is 18.9 Å². The maximum absolute atomic E-state index is 12.7. The van der Waals surface area contributed by atoms with Crippen molar-refractivity contribution in [1.82, 2.24) is 0 Å². The lowest BCUT2D eigenvalue weighted by Crippen LogP contribution is -2.07. The Labute approximate surface area is 148 Å². The largest absolute Gasteiger partial charge is 0.497 e. The van der Waals surface area contributed by atoms with Crippen LogP contribution in [0.3, 0.4) is 0 Å². The molecule has 0 unspecified atom stereocenters. The average Bonchev–Trinajstić information content (AvgIpc) is 2.61. The van der Waals surface area contributed by atoms with Crippen LogP contribution in [0.2, 0.25) is 0 Å². The number of ether oxygens (including phenoxy) is 1. The second-order valence-corrected chi connectivity index (χ2v) is 6.94. The fourth-order valence-corrected chi connectivity index (χ4v) is 3.07. The number of rotatable bonds is 5. The van der Waals surface area contributed by atoms with Crippen LogP contribution in [0, 0.1) is 11.3 Å². The first-order chi connectivity index (χ1) is 12.2. The Morgan fingerprint density at radius 2 is 1.85 bits per heavy atom. The van der Waals surface area contributed by atoms with Crippen molar-refractivity contribution in [2.45, 2.75) is 11.1 Å². The monoisotopic (exact) mass is 382 g/mol. The number of sulfone groups is 1. The molecule has 0 aliphatic rings. The zero-order valence-corrected chi connectivity index (χ0v) is 14.2. The Balaban J connectivity index is 2.31. The van der Waals surface area contributed by atoms with Gasteiger partial charge in [-0.25, -0.2) is 8.42 Å². The molecule has 5 nitrogen and oxygen atoms in total. The SMILES string of the molecule is COc1ccc(S(=O)(=O)/C(C#N)=C\Nc2cccc(C(F)(F)F)c2)cc1. The van der Waals surface area contributed by atoms with Crippen molar-refractivity contribution in [1.29, 1.82) is 5.26 Å². The minimum absolute atomic E-state index is 0.00231. The molecule has 2 aromatic rings. The summed E-state index contributed by atoms with van der Waals surface area (Å²) < 4.78 is 68.0. The van der Waals surface area contributed by atoms with Gasteiger partial charge >= 0.3 is 6.18 Å². The molecule has 0 aliphatic carbocycles. The van der Waals surface area contributed by atoms with Gasteiger partial charge in [0, 0.05) is 11.9 Å². The number of nitrogens with one attached hydrogen (secondary N) is 1. The number of anilines is 1. The lowest BCUT2D eigenvalue weighted by molar-refractivity contribution is -0.137. The Bertz CT molecular complexity index is 960. The number of benzene rings is 2. The molecule has 2 rings (SSSR count). The zero-order valence-electron chi connectivity index (χ0n) is 13.4. The lowest BCUT2D eigenvalue weighted by atomic mass is 10.2. The van der Waals surface area contributed by atoms with E-state index in [1.807, 2.05) is 0 Å². The predicted molar refractivity (Wildman–Crippen MR) is 88.9 cm³/mol. The molecule has 0 atom stereocenters. The highest BCUT2D eigenvalue weighted by atomic mass is 32.2. The Morgan fingerprint density at radius 1 is 1.19 bits per heavy atom. The average molecular weight is 382 g/mol. The summed E-state index contributed by atoms with van der Waals surface area (Å²) >= 11 is 0. The van der Waals surface area contributed by atoms with E-state index < -0.39 is 26.5 Å². The van der Waals surface area contributed by atoms with Crippen LogP contribution in [0.15, 0.2) is 64.5 Å². The minimum atomic E-state index is -4.53. The number of methoxy groups -OCH3 is 1. The van der Waals surface area contributed by atoms with E-state index in [1.54, 1.807) is 6.07 Å². The van der Waals surface area contributed by atoms with E-state index in [0.29, 0.717) is 5.75 Å². The molecular weight excluding hydrogens is 369 g/mol. The molecule has 0 fully saturated rings. The smallest absolute Gasteiger partial charge is 0.416 e. The van der Waals surface area contributed by atoms with Gasteiger partial charge in [-0.05, 0) is 42.5 Å². The number of nitriles is 1. The highest BCUT2D eigenvalue weighted by Gasteiger charge is 2.30. The topological polar surface area (TPSA) is 79.2 Å². The Morgan fingerprint density at radius 3 is 2.38 bits per heavy atom. The zero-order chi connectivity index (χ0) is 19.4. The second-order valence-electron chi connectivity index (χ2n) is 5.02. The Hall–Kier alpha value is -2.99. The number of nitrogens with zero attached hydrogens (tertiary/aromatic N) is 1. The van der Waals surface area contributed by atoms with Crippen LogP contribution in [-0.2, 0) is 16.0 Å². The van der Waals surface area contributed by atoms with Gasteiger partial charge < -0.3 is 10.1 Å².